The molecule has 0 aliphatic carbocycles. The molecule has 0 amide bonds. The van der Waals surface area contributed by atoms with Gasteiger partial charge in [-0.2, -0.15) is 0 Å². The Hall–Kier alpha value is -3.76. The molecular weight excluding hydrogens is 446 g/mol. The van der Waals surface area contributed by atoms with Crippen LogP contribution in [0.5, 0.6) is 17.4 Å². The van der Waals surface area contributed by atoms with Gasteiger partial charge in [0.2, 0.25) is 5.88 Å². The zero-order valence-electron chi connectivity index (χ0n) is 19.9. The Kier molecular flexibility index (Phi) is 6.73. The summed E-state index contributed by atoms with van der Waals surface area (Å²) in [5, 5.41) is 20.8. The average molecular weight is 476 g/mol. The van der Waals surface area contributed by atoms with E-state index < -0.39 is 0 Å². The number of nitrogens with one attached hydrogen (secondary N) is 2. The minimum absolute atomic E-state index is 0.179. The molecule has 35 heavy (non-hydrogen) atoms. The minimum Gasteiger partial charge on any atom is -0.475 e. The molecule has 3 N–H and O–H groups in total. The second kappa shape index (κ2) is 10.2. The standard InChI is InChI=1S/C25H29N7O3/c1-16-12-18(6-8-21(16)35-20-7-5-17(2)26-13-20)29-23-22-24(28-15-27-23)30-31-25(22)34-11-10-32-9-3-4-19(32)14-33/h5-8,12-13,15,19,33H,3-4,9-11,14H2,1-2H3,(H2,27,28,29,30,31)/t19-/m0/s1. The van der Waals surface area contributed by atoms with Gasteiger partial charge in [0.15, 0.2) is 5.65 Å². The van der Waals surface area contributed by atoms with Crippen LogP contribution in [0.1, 0.15) is 24.1 Å². The molecule has 10 heteroatoms. The van der Waals surface area contributed by atoms with Crippen molar-refractivity contribution in [2.75, 3.05) is 31.6 Å². The van der Waals surface area contributed by atoms with Crippen LogP contribution in [0.4, 0.5) is 11.5 Å². The number of aromatic amines is 1. The second-order valence-electron chi connectivity index (χ2n) is 8.68. The van der Waals surface area contributed by atoms with Gasteiger partial charge >= 0.3 is 0 Å². The monoisotopic (exact) mass is 475 g/mol. The number of rotatable bonds is 9. The lowest BCUT2D eigenvalue weighted by Gasteiger charge is -2.22. The summed E-state index contributed by atoms with van der Waals surface area (Å²) in [6.45, 7) is 6.28. The molecule has 0 spiro atoms. The molecular formula is C25H29N7O3. The zero-order valence-corrected chi connectivity index (χ0v) is 19.9. The van der Waals surface area contributed by atoms with Crippen LogP contribution in [0.25, 0.3) is 11.0 Å². The fraction of sp³-hybridized carbons (Fsp3) is 0.360. The number of nitrogens with zero attached hydrogens (tertiary/aromatic N) is 5. The number of aromatic nitrogens is 5. The number of anilines is 2. The summed E-state index contributed by atoms with van der Waals surface area (Å²) in [6, 6.07) is 9.87. The van der Waals surface area contributed by atoms with Gasteiger partial charge in [0.05, 0.1) is 12.8 Å². The lowest BCUT2D eigenvalue weighted by atomic mass is 10.2. The van der Waals surface area contributed by atoms with E-state index in [2.05, 4.69) is 35.4 Å². The SMILES string of the molecule is Cc1ccc(Oc2ccc(Nc3ncnc4[nH]nc(OCCN5CCC[C@H]5CO)c34)cc2C)cn1. The predicted octanol–water partition coefficient (Wildman–Crippen LogP) is 3.74. The first-order valence-corrected chi connectivity index (χ1v) is 11.8. The highest BCUT2D eigenvalue weighted by Crippen LogP contribution is 2.32. The van der Waals surface area contributed by atoms with Crippen LogP contribution in [0.15, 0.2) is 42.9 Å². The molecule has 0 saturated carbocycles. The Morgan fingerprint density at radius 2 is 2.09 bits per heavy atom. The van der Waals surface area contributed by atoms with Crippen LogP contribution in [-0.2, 0) is 0 Å². The first-order chi connectivity index (χ1) is 17.1. The van der Waals surface area contributed by atoms with E-state index in [4.69, 9.17) is 9.47 Å². The van der Waals surface area contributed by atoms with Gasteiger partial charge in [-0.25, -0.2) is 9.97 Å². The number of H-pyrrole nitrogens is 1. The Bertz CT molecular complexity index is 1290. The molecule has 5 rings (SSSR count). The van der Waals surface area contributed by atoms with E-state index in [0.717, 1.165) is 48.6 Å². The Morgan fingerprint density at radius 1 is 1.17 bits per heavy atom. The highest BCUT2D eigenvalue weighted by molar-refractivity contribution is 5.92. The Balaban J connectivity index is 1.29. The number of likely N-dealkylation sites (tertiary alicyclic amines) is 1. The van der Waals surface area contributed by atoms with Gasteiger partial charge in [0, 0.05) is 24.0 Å². The summed E-state index contributed by atoms with van der Waals surface area (Å²) in [4.78, 5) is 15.2. The predicted molar refractivity (Wildman–Crippen MR) is 132 cm³/mol. The third kappa shape index (κ3) is 5.18. The van der Waals surface area contributed by atoms with Gasteiger partial charge in [0.1, 0.15) is 35.6 Å². The Morgan fingerprint density at radius 3 is 2.89 bits per heavy atom. The number of pyridine rings is 1. The van der Waals surface area contributed by atoms with E-state index in [1.54, 1.807) is 6.20 Å². The fourth-order valence-corrected chi connectivity index (χ4v) is 4.31. The summed E-state index contributed by atoms with van der Waals surface area (Å²) in [5.41, 5.74) is 3.36. The second-order valence-corrected chi connectivity index (χ2v) is 8.68. The van der Waals surface area contributed by atoms with E-state index >= 15 is 0 Å². The van der Waals surface area contributed by atoms with E-state index in [9.17, 15) is 5.11 Å². The van der Waals surface area contributed by atoms with Crippen LogP contribution < -0.4 is 14.8 Å². The normalized spacial score (nSPS) is 16.0. The minimum atomic E-state index is 0.179. The summed E-state index contributed by atoms with van der Waals surface area (Å²) in [5.74, 6) is 2.50. The van der Waals surface area contributed by atoms with Crippen molar-refractivity contribution in [3.05, 3.63) is 54.1 Å². The number of benzene rings is 1. The number of hydrogen-bond acceptors (Lipinski definition) is 9. The van der Waals surface area contributed by atoms with Crippen molar-refractivity contribution in [2.24, 2.45) is 0 Å². The first-order valence-electron chi connectivity index (χ1n) is 11.8. The lowest BCUT2D eigenvalue weighted by molar-refractivity contribution is 0.138. The molecule has 4 aromatic rings. The fourth-order valence-electron chi connectivity index (χ4n) is 4.31. The quantitative estimate of drug-likeness (QED) is 0.332. The number of ether oxygens (including phenoxy) is 2. The van der Waals surface area contributed by atoms with E-state index in [1.165, 1.54) is 6.33 Å². The van der Waals surface area contributed by atoms with Crippen molar-refractivity contribution < 1.29 is 14.6 Å². The van der Waals surface area contributed by atoms with Crippen molar-refractivity contribution in [1.82, 2.24) is 30.0 Å². The van der Waals surface area contributed by atoms with Crippen molar-refractivity contribution in [3.8, 4) is 17.4 Å². The number of aliphatic hydroxyl groups excluding tert-OH is 1. The van der Waals surface area contributed by atoms with Gasteiger partial charge < -0.3 is 19.9 Å². The van der Waals surface area contributed by atoms with E-state index in [0.29, 0.717) is 35.1 Å². The molecule has 1 aliphatic rings. The van der Waals surface area contributed by atoms with Gasteiger partial charge in [-0.3, -0.25) is 15.0 Å². The maximum Gasteiger partial charge on any atom is 0.246 e. The van der Waals surface area contributed by atoms with E-state index in [1.807, 2.05) is 44.2 Å². The Labute approximate surface area is 203 Å². The molecule has 1 saturated heterocycles. The maximum absolute atomic E-state index is 9.52. The topological polar surface area (TPSA) is 121 Å². The van der Waals surface area contributed by atoms with Gasteiger partial charge in [0.25, 0.3) is 0 Å². The highest BCUT2D eigenvalue weighted by atomic mass is 16.5. The molecule has 1 atom stereocenters. The highest BCUT2D eigenvalue weighted by Gasteiger charge is 2.23. The van der Waals surface area contributed by atoms with Crippen LogP contribution >= 0.6 is 0 Å². The molecule has 3 aromatic heterocycles. The van der Waals surface area contributed by atoms with Gasteiger partial charge in [-0.1, -0.05) is 0 Å². The largest absolute Gasteiger partial charge is 0.475 e. The average Bonchev–Trinajstić information content (AvgIpc) is 3.49. The van der Waals surface area contributed by atoms with Crippen LogP contribution in [-0.4, -0.2) is 67.5 Å². The molecule has 182 valence electrons. The van der Waals surface area contributed by atoms with Crippen molar-refractivity contribution in [2.45, 2.75) is 32.7 Å². The summed E-state index contributed by atoms with van der Waals surface area (Å²) < 4.78 is 12.0. The van der Waals surface area contributed by atoms with Crippen LogP contribution in [0, 0.1) is 13.8 Å². The summed E-state index contributed by atoms with van der Waals surface area (Å²) >= 11 is 0. The molecule has 1 aliphatic heterocycles. The lowest BCUT2D eigenvalue weighted by Crippen LogP contribution is -2.35. The van der Waals surface area contributed by atoms with E-state index in [-0.39, 0.29) is 12.6 Å². The van der Waals surface area contributed by atoms with Crippen molar-refractivity contribution >= 4 is 22.5 Å². The molecule has 10 nitrogen and oxygen atoms in total. The van der Waals surface area contributed by atoms with Crippen molar-refractivity contribution in [3.63, 3.8) is 0 Å². The summed E-state index contributed by atoms with van der Waals surface area (Å²) in [6.07, 6.45) is 5.32. The molecule has 0 radical (unpaired) electrons. The molecule has 0 unspecified atom stereocenters. The van der Waals surface area contributed by atoms with Crippen LogP contribution in [0.3, 0.4) is 0 Å². The number of fused-ring (bicyclic) bond motifs is 1. The van der Waals surface area contributed by atoms with Gasteiger partial charge in [-0.05, 0) is 69.1 Å². The zero-order chi connectivity index (χ0) is 24.2. The smallest absolute Gasteiger partial charge is 0.246 e. The number of hydrogen-bond donors (Lipinski definition) is 3. The summed E-state index contributed by atoms with van der Waals surface area (Å²) in [7, 11) is 0. The van der Waals surface area contributed by atoms with Crippen LogP contribution in [0.2, 0.25) is 0 Å². The molecule has 0 bridgehead atoms. The molecule has 4 heterocycles. The van der Waals surface area contributed by atoms with Gasteiger partial charge in [-0.15, -0.1) is 5.10 Å². The molecule has 1 aromatic carbocycles. The molecule has 1 fully saturated rings. The van der Waals surface area contributed by atoms with Crippen molar-refractivity contribution in [1.29, 1.82) is 0 Å². The first kappa shape index (κ1) is 23.0. The number of aliphatic hydroxyl groups is 1. The number of aryl methyl sites for hydroxylation is 2. The third-order valence-corrected chi connectivity index (χ3v) is 6.20. The third-order valence-electron chi connectivity index (χ3n) is 6.20. The maximum atomic E-state index is 9.52.